The van der Waals surface area contributed by atoms with Gasteiger partial charge in [-0.25, -0.2) is 0 Å². The van der Waals surface area contributed by atoms with Crippen LogP contribution in [0.1, 0.15) is 25.3 Å². The van der Waals surface area contributed by atoms with Crippen molar-refractivity contribution in [1.29, 1.82) is 0 Å². The molecule has 0 fully saturated rings. The third-order valence-electron chi connectivity index (χ3n) is 2.99. The van der Waals surface area contributed by atoms with Gasteiger partial charge in [-0.3, -0.25) is 4.79 Å². The molecule has 24 heavy (non-hydrogen) atoms. The second-order valence-electron chi connectivity index (χ2n) is 4.89. The van der Waals surface area contributed by atoms with Crippen LogP contribution in [-0.4, -0.2) is 16.1 Å². The number of benzene rings is 1. The molecule has 0 aliphatic carbocycles. The van der Waals surface area contributed by atoms with Crippen LogP contribution in [0, 0.1) is 6.92 Å². The summed E-state index contributed by atoms with van der Waals surface area (Å²) in [5.74, 6) is -0.300. The third-order valence-corrected chi connectivity index (χ3v) is 5.99. The van der Waals surface area contributed by atoms with Crippen molar-refractivity contribution in [2.24, 2.45) is 0 Å². The topological polar surface area (TPSA) is 54.9 Å². The summed E-state index contributed by atoms with van der Waals surface area (Å²) in [4.78, 5) is 13.2. The molecule has 3 aromatic rings. The lowest BCUT2D eigenvalue weighted by Crippen LogP contribution is -2.11. The van der Waals surface area contributed by atoms with Crippen molar-refractivity contribution in [3.8, 4) is 0 Å². The number of aromatic nitrogens is 2. The molecule has 0 bridgehead atoms. The first-order valence-corrected chi connectivity index (χ1v) is 9.71. The normalized spacial score (nSPS) is 11.5. The monoisotopic (exact) mass is 439 g/mol. The van der Waals surface area contributed by atoms with Gasteiger partial charge in [-0.1, -0.05) is 40.6 Å². The zero-order valence-electron chi connectivity index (χ0n) is 12.4. The molecule has 0 radical (unpaired) electrons. The Morgan fingerprint density at radius 1 is 1.25 bits per heavy atom. The molecule has 0 atom stereocenters. The number of thiophene rings is 1. The molecule has 2 heterocycles. The molecule has 0 saturated heterocycles. The van der Waals surface area contributed by atoms with Gasteiger partial charge in [0.1, 0.15) is 0 Å². The Kier molecular flexibility index (Phi) is 5.45. The number of hydrogen-bond donors (Lipinski definition) is 1. The van der Waals surface area contributed by atoms with E-state index in [-0.39, 0.29) is 10.9 Å². The van der Waals surface area contributed by atoms with Crippen LogP contribution in [0.2, 0.25) is 0 Å². The highest BCUT2D eigenvalue weighted by atomic mass is 79.9. The smallest absolute Gasteiger partial charge is 0.286 e. The van der Waals surface area contributed by atoms with Gasteiger partial charge in [0, 0.05) is 20.4 Å². The van der Waals surface area contributed by atoms with Gasteiger partial charge in [0.05, 0.1) is 5.03 Å². The van der Waals surface area contributed by atoms with Gasteiger partial charge in [-0.2, -0.15) is 0 Å². The van der Waals surface area contributed by atoms with E-state index >= 15 is 0 Å². The third kappa shape index (κ3) is 4.30. The Labute approximate surface area is 160 Å². The lowest BCUT2D eigenvalue weighted by Gasteiger charge is -2.02. The van der Waals surface area contributed by atoms with E-state index in [9.17, 15) is 4.79 Å². The Balaban J connectivity index is 1.73. The van der Waals surface area contributed by atoms with Crippen LogP contribution in [0.3, 0.4) is 0 Å². The van der Waals surface area contributed by atoms with Gasteiger partial charge in [0.2, 0.25) is 5.01 Å². The second kappa shape index (κ2) is 7.57. The lowest BCUT2D eigenvalue weighted by molar-refractivity contribution is 0.102. The number of rotatable bonds is 4. The van der Waals surface area contributed by atoms with Crippen LogP contribution < -0.4 is 5.32 Å². The van der Waals surface area contributed by atoms with Crippen molar-refractivity contribution in [3.05, 3.63) is 60.6 Å². The summed E-state index contributed by atoms with van der Waals surface area (Å²) in [5.41, 5.74) is 1.84. The van der Waals surface area contributed by atoms with Crippen molar-refractivity contribution in [2.45, 2.75) is 6.92 Å². The first kappa shape index (κ1) is 17.3. The number of carbonyl (C=O) groups excluding carboxylic acids is 1. The number of halogens is 2. The molecule has 2 aromatic heterocycles. The Morgan fingerprint density at radius 3 is 2.62 bits per heavy atom. The highest BCUT2D eigenvalue weighted by Crippen LogP contribution is 2.29. The molecule has 0 unspecified atom stereocenters. The van der Waals surface area contributed by atoms with Gasteiger partial charge in [-0.15, -0.1) is 21.5 Å². The molecule has 1 aromatic carbocycles. The minimum absolute atomic E-state index is 0.268. The molecule has 122 valence electrons. The number of carbonyl (C=O) groups is 1. The highest BCUT2D eigenvalue weighted by molar-refractivity contribution is 9.10. The molecular formula is C16H11BrClN3OS2. The van der Waals surface area contributed by atoms with E-state index in [2.05, 4.69) is 31.4 Å². The summed E-state index contributed by atoms with van der Waals surface area (Å²) in [6, 6.07) is 9.51. The van der Waals surface area contributed by atoms with Crippen molar-refractivity contribution < 1.29 is 4.79 Å². The first-order valence-electron chi connectivity index (χ1n) is 6.84. The minimum atomic E-state index is -0.300. The number of aryl methyl sites for hydroxylation is 1. The predicted octanol–water partition coefficient (Wildman–Crippen LogP) is 5.66. The molecule has 0 spiro atoms. The van der Waals surface area contributed by atoms with E-state index in [4.69, 9.17) is 11.6 Å². The summed E-state index contributed by atoms with van der Waals surface area (Å²) >= 11 is 12.4. The van der Waals surface area contributed by atoms with Gasteiger partial charge in [0.15, 0.2) is 5.01 Å². The number of hydrogen-bond acceptors (Lipinski definition) is 5. The largest absolute Gasteiger partial charge is 0.320 e. The minimum Gasteiger partial charge on any atom is -0.320 e. The number of nitrogens with one attached hydrogen (secondary N) is 1. The number of amides is 1. The van der Waals surface area contributed by atoms with Gasteiger partial charge >= 0.3 is 0 Å². The van der Waals surface area contributed by atoms with Crippen LogP contribution >= 0.6 is 50.2 Å². The molecule has 8 heteroatoms. The first-order chi connectivity index (χ1) is 11.5. The Bertz CT molecular complexity index is 902. The molecule has 0 aliphatic heterocycles. The standard InChI is InChI=1S/C16H11BrClN3OS2/c1-9-2-4-11(5-3-9)19-14(22)16-21-20-15(24-16)13(18)7-12-6-10(17)8-23-12/h2-8H,1H3,(H,19,22)/b13-7-. The van der Waals surface area contributed by atoms with Crippen LogP contribution in [-0.2, 0) is 0 Å². The average Bonchev–Trinajstić information content (AvgIpc) is 3.19. The summed E-state index contributed by atoms with van der Waals surface area (Å²) in [6.07, 6.45) is 1.80. The molecular weight excluding hydrogens is 430 g/mol. The number of nitrogens with zero attached hydrogens (tertiary/aromatic N) is 2. The van der Waals surface area contributed by atoms with E-state index in [1.807, 2.05) is 42.6 Å². The Hall–Kier alpha value is -1.54. The van der Waals surface area contributed by atoms with Crippen LogP contribution in [0.4, 0.5) is 5.69 Å². The maximum Gasteiger partial charge on any atom is 0.286 e. The van der Waals surface area contributed by atoms with Crippen molar-refractivity contribution in [3.63, 3.8) is 0 Å². The summed E-state index contributed by atoms with van der Waals surface area (Å²) < 4.78 is 0.999. The maximum absolute atomic E-state index is 12.2. The fourth-order valence-electron chi connectivity index (χ4n) is 1.82. The van der Waals surface area contributed by atoms with Crippen LogP contribution in [0.25, 0.3) is 11.1 Å². The van der Waals surface area contributed by atoms with Crippen molar-refractivity contribution in [1.82, 2.24) is 10.2 Å². The highest BCUT2D eigenvalue weighted by Gasteiger charge is 2.15. The van der Waals surface area contributed by atoms with Gasteiger partial charge in [-0.05, 0) is 47.1 Å². The molecule has 0 aliphatic rings. The van der Waals surface area contributed by atoms with E-state index in [0.29, 0.717) is 15.7 Å². The number of anilines is 1. The van der Waals surface area contributed by atoms with Crippen LogP contribution in [0.15, 0.2) is 40.2 Å². The second-order valence-corrected chi connectivity index (χ2v) is 8.14. The van der Waals surface area contributed by atoms with E-state index in [1.54, 1.807) is 17.4 Å². The molecule has 3 rings (SSSR count). The van der Waals surface area contributed by atoms with Gasteiger partial charge < -0.3 is 5.32 Å². The zero-order valence-corrected chi connectivity index (χ0v) is 16.4. The summed E-state index contributed by atoms with van der Waals surface area (Å²) in [7, 11) is 0. The van der Waals surface area contributed by atoms with E-state index < -0.39 is 0 Å². The average molecular weight is 441 g/mol. The SMILES string of the molecule is Cc1ccc(NC(=O)c2nnc(/C(Cl)=C/c3cc(Br)cs3)s2)cc1. The van der Waals surface area contributed by atoms with Crippen molar-refractivity contribution in [2.75, 3.05) is 5.32 Å². The van der Waals surface area contributed by atoms with E-state index in [0.717, 1.165) is 26.3 Å². The van der Waals surface area contributed by atoms with Crippen molar-refractivity contribution >= 4 is 72.9 Å². The molecule has 1 N–H and O–H groups in total. The zero-order chi connectivity index (χ0) is 17.1. The predicted molar refractivity (Wildman–Crippen MR) is 105 cm³/mol. The molecule has 0 saturated carbocycles. The summed E-state index contributed by atoms with van der Waals surface area (Å²) in [6.45, 7) is 1.99. The van der Waals surface area contributed by atoms with Gasteiger partial charge in [0.25, 0.3) is 5.91 Å². The molecule has 1 amide bonds. The molecule has 4 nitrogen and oxygen atoms in total. The Morgan fingerprint density at radius 2 is 1.96 bits per heavy atom. The maximum atomic E-state index is 12.2. The fraction of sp³-hybridized carbons (Fsp3) is 0.0625. The quantitative estimate of drug-likeness (QED) is 0.569. The fourth-order valence-corrected chi connectivity index (χ4v) is 4.18. The van der Waals surface area contributed by atoms with Crippen LogP contribution in [0.5, 0.6) is 0 Å². The lowest BCUT2D eigenvalue weighted by atomic mass is 10.2. The van der Waals surface area contributed by atoms with E-state index in [1.165, 1.54) is 0 Å². The summed E-state index contributed by atoms with van der Waals surface area (Å²) in [5, 5.41) is 13.9.